The SMILES string of the molecule is Cc1cc2c(cc1-c1cc3c4c(c1)N(c1ccc5c(c1)C(C)(C)CCC5(C)C)c1sc5cc6c(cc5c1B4c1cc(C(C)(C)C)ccc1N3c1ccc(C(C)(C)C)cc1)C(C)(C)CCC6(C)C)C(C)(C)CCC2(C)C. The summed E-state index contributed by atoms with van der Waals surface area (Å²) in [4.78, 5) is 5.43. The molecule has 0 saturated carbocycles. The molecule has 3 heterocycles. The van der Waals surface area contributed by atoms with Gasteiger partial charge in [0.15, 0.2) is 0 Å². The van der Waals surface area contributed by atoms with E-state index >= 15 is 0 Å². The van der Waals surface area contributed by atoms with Crippen LogP contribution in [-0.4, -0.2) is 6.71 Å². The van der Waals surface area contributed by atoms with Gasteiger partial charge in [0.1, 0.15) is 0 Å². The molecule has 7 aromatic rings. The molecule has 6 aromatic carbocycles. The number of thiophene rings is 1. The standard InChI is InChI=1S/C71H85BN2S/c1-42-34-51-53(69(14,15)31-30-67(51,10)11)39-48(42)43-35-58-62-59(36-43)74(47-25-26-50-52(38-47)68(12,13)29-28-66(50,8)9)63-61(49-40-54-55(41-60(49)75-63)71(18,19)33-32-70(54,16)17)72(62)56-37-45(65(5,6)7)22-27-57(56)73(58)46-23-20-44(21-24-46)64(2,3)4/h20-27,34-41H,28-33H2,1-19H3. The Balaban J connectivity index is 1.24. The van der Waals surface area contributed by atoms with Crippen molar-refractivity contribution in [2.45, 2.75) is 213 Å². The summed E-state index contributed by atoms with van der Waals surface area (Å²) in [6, 6.07) is 40.6. The normalized spacial score (nSPS) is 20.2. The van der Waals surface area contributed by atoms with Gasteiger partial charge in [-0.25, -0.2) is 0 Å². The van der Waals surface area contributed by atoms with Crippen LogP contribution >= 0.6 is 11.3 Å². The third-order valence-corrected chi connectivity index (χ3v) is 21.3. The first kappa shape index (κ1) is 50.7. The van der Waals surface area contributed by atoms with E-state index < -0.39 is 0 Å². The number of rotatable bonds is 3. The molecule has 5 aliphatic rings. The molecule has 12 rings (SSSR count). The first-order valence-corrected chi connectivity index (χ1v) is 29.6. The second-order valence-electron chi connectivity index (χ2n) is 30.3. The lowest BCUT2D eigenvalue weighted by Crippen LogP contribution is -2.61. The summed E-state index contributed by atoms with van der Waals surface area (Å²) in [6.45, 7) is 46.4. The van der Waals surface area contributed by atoms with Gasteiger partial charge in [0.25, 0.3) is 6.71 Å². The molecule has 4 heteroatoms. The van der Waals surface area contributed by atoms with Crippen LogP contribution in [0.3, 0.4) is 0 Å². The van der Waals surface area contributed by atoms with E-state index in [0.717, 1.165) is 0 Å². The predicted molar refractivity (Wildman–Crippen MR) is 329 cm³/mol. The molecule has 75 heavy (non-hydrogen) atoms. The van der Waals surface area contributed by atoms with Crippen molar-refractivity contribution in [1.82, 2.24) is 0 Å². The highest BCUT2D eigenvalue weighted by Crippen LogP contribution is 2.56. The molecule has 1 aromatic heterocycles. The van der Waals surface area contributed by atoms with E-state index in [9.17, 15) is 0 Å². The highest BCUT2D eigenvalue weighted by Gasteiger charge is 2.48. The quantitative estimate of drug-likeness (QED) is 0.163. The van der Waals surface area contributed by atoms with Crippen molar-refractivity contribution < 1.29 is 0 Å². The fraction of sp³-hybridized carbons (Fsp3) is 0.465. The lowest BCUT2D eigenvalue weighted by atomic mass is 9.33. The number of aryl methyl sites for hydroxylation is 1. The van der Waals surface area contributed by atoms with E-state index in [1.165, 1.54) is 160 Å². The van der Waals surface area contributed by atoms with Crippen LogP contribution in [0.1, 0.15) is 213 Å². The highest BCUT2D eigenvalue weighted by atomic mass is 32.1. The Morgan fingerprint density at radius 2 is 0.893 bits per heavy atom. The predicted octanol–water partition coefficient (Wildman–Crippen LogP) is 18.6. The summed E-state index contributed by atoms with van der Waals surface area (Å²) in [5, 5.41) is 2.80. The Morgan fingerprint density at radius 1 is 0.427 bits per heavy atom. The number of hydrogen-bond donors (Lipinski definition) is 0. The second kappa shape index (κ2) is 16.0. The zero-order chi connectivity index (χ0) is 53.7. The van der Waals surface area contributed by atoms with Crippen molar-refractivity contribution in [2.24, 2.45) is 0 Å². The Bertz CT molecular complexity index is 3540. The minimum absolute atomic E-state index is 0.0153. The van der Waals surface area contributed by atoms with E-state index in [1.54, 1.807) is 0 Å². The van der Waals surface area contributed by atoms with Crippen LogP contribution in [0.4, 0.5) is 33.4 Å². The third-order valence-electron chi connectivity index (χ3n) is 20.1. The van der Waals surface area contributed by atoms with Gasteiger partial charge in [-0.15, -0.1) is 11.3 Å². The molecular formula is C71H85BN2S. The first-order valence-electron chi connectivity index (χ1n) is 28.7. The minimum Gasteiger partial charge on any atom is -0.311 e. The van der Waals surface area contributed by atoms with Crippen LogP contribution in [-0.2, 0) is 43.3 Å². The molecule has 0 amide bonds. The molecule has 2 aliphatic heterocycles. The monoisotopic (exact) mass is 1010 g/mol. The Hall–Kier alpha value is -5.06. The number of benzene rings is 6. The smallest absolute Gasteiger partial charge is 0.254 e. The molecule has 0 saturated heterocycles. The van der Waals surface area contributed by atoms with Crippen molar-refractivity contribution in [1.29, 1.82) is 0 Å². The average molecular weight is 1010 g/mol. The van der Waals surface area contributed by atoms with E-state index in [-0.39, 0.29) is 50.0 Å². The molecule has 0 bridgehead atoms. The van der Waals surface area contributed by atoms with E-state index in [2.05, 4.69) is 238 Å². The summed E-state index contributed by atoms with van der Waals surface area (Å²) in [7, 11) is 0. The van der Waals surface area contributed by atoms with Crippen LogP contribution in [0, 0.1) is 6.92 Å². The van der Waals surface area contributed by atoms with Gasteiger partial charge in [0.2, 0.25) is 0 Å². The van der Waals surface area contributed by atoms with Gasteiger partial charge >= 0.3 is 0 Å². The maximum Gasteiger partial charge on any atom is 0.254 e. The summed E-state index contributed by atoms with van der Waals surface area (Å²) < 4.78 is 1.41. The second-order valence-corrected chi connectivity index (χ2v) is 31.3. The summed E-state index contributed by atoms with van der Waals surface area (Å²) >= 11 is 2.05. The highest BCUT2D eigenvalue weighted by molar-refractivity contribution is 7.26. The molecule has 0 N–H and O–H groups in total. The summed E-state index contributed by atoms with van der Waals surface area (Å²) in [5.74, 6) is 0. The van der Waals surface area contributed by atoms with Crippen LogP contribution in [0.15, 0.2) is 97.1 Å². The Morgan fingerprint density at radius 3 is 1.45 bits per heavy atom. The van der Waals surface area contributed by atoms with Gasteiger partial charge in [-0.2, -0.15) is 0 Å². The lowest BCUT2D eigenvalue weighted by Gasteiger charge is -2.45. The topological polar surface area (TPSA) is 6.48 Å². The summed E-state index contributed by atoms with van der Waals surface area (Å²) in [5.41, 5.74) is 27.0. The van der Waals surface area contributed by atoms with Crippen LogP contribution in [0.5, 0.6) is 0 Å². The van der Waals surface area contributed by atoms with E-state index in [1.807, 2.05) is 11.3 Å². The molecular weight excluding hydrogens is 924 g/mol. The minimum atomic E-state index is -0.0356. The first-order chi connectivity index (χ1) is 34.8. The third kappa shape index (κ3) is 7.73. The molecule has 388 valence electrons. The van der Waals surface area contributed by atoms with Crippen LogP contribution < -0.4 is 26.2 Å². The molecule has 0 fully saturated rings. The van der Waals surface area contributed by atoms with Gasteiger partial charge in [0, 0.05) is 33.1 Å². The zero-order valence-corrected chi connectivity index (χ0v) is 50.2. The largest absolute Gasteiger partial charge is 0.311 e. The average Bonchev–Trinajstić information content (AvgIpc) is 3.73. The van der Waals surface area contributed by atoms with Gasteiger partial charge in [0.05, 0.1) is 5.00 Å². The van der Waals surface area contributed by atoms with Gasteiger partial charge in [-0.1, -0.05) is 167 Å². The number of hydrogen-bond acceptors (Lipinski definition) is 3. The lowest BCUT2D eigenvalue weighted by molar-refractivity contribution is 0.332. The zero-order valence-electron chi connectivity index (χ0n) is 49.4. The maximum atomic E-state index is 2.77. The number of anilines is 6. The molecule has 2 nitrogen and oxygen atoms in total. The van der Waals surface area contributed by atoms with Crippen molar-refractivity contribution in [2.75, 3.05) is 9.80 Å². The van der Waals surface area contributed by atoms with Gasteiger partial charge in [-0.05, 0) is 226 Å². The van der Waals surface area contributed by atoms with Crippen molar-refractivity contribution in [3.8, 4) is 11.1 Å². The number of nitrogens with zero attached hydrogens (tertiary/aromatic N) is 2. The van der Waals surface area contributed by atoms with Crippen molar-refractivity contribution in [3.05, 3.63) is 147 Å². The summed E-state index contributed by atoms with van der Waals surface area (Å²) in [6.07, 6.45) is 7.15. The Kier molecular flexibility index (Phi) is 10.8. The fourth-order valence-corrected chi connectivity index (χ4v) is 15.9. The van der Waals surface area contributed by atoms with Crippen molar-refractivity contribution in [3.63, 3.8) is 0 Å². The molecule has 0 unspecified atom stereocenters. The molecule has 3 aliphatic carbocycles. The van der Waals surface area contributed by atoms with Crippen LogP contribution in [0.25, 0.3) is 21.2 Å². The van der Waals surface area contributed by atoms with E-state index in [4.69, 9.17) is 0 Å². The number of fused-ring (bicyclic) bond motifs is 9. The van der Waals surface area contributed by atoms with Crippen LogP contribution in [0.2, 0.25) is 0 Å². The van der Waals surface area contributed by atoms with Crippen molar-refractivity contribution >= 4 is 78.0 Å². The molecule has 0 spiro atoms. The molecule has 0 radical (unpaired) electrons. The molecule has 0 atom stereocenters. The van der Waals surface area contributed by atoms with E-state index in [0.29, 0.717) is 0 Å². The van der Waals surface area contributed by atoms with Gasteiger partial charge < -0.3 is 9.80 Å². The maximum absolute atomic E-state index is 2.77. The fourth-order valence-electron chi connectivity index (χ4n) is 14.6. The van der Waals surface area contributed by atoms with Gasteiger partial charge in [-0.3, -0.25) is 0 Å². The Labute approximate surface area is 456 Å².